The standard InChI is InChI=1S/C33H51N9O6.4ClH/c34-11-1-4-23(37)18-39-31(46)25(5-2-12-35)41-33(48)27-17-22-15-20(8-10-29(22)44)19-7-9-28(43)21(14-19)16-24(38)30(45)40-26(6-3-13-36)32(47)42-27;;;;/h7-10,14-15,23-27,43-44H,1-6,11-13,16-18,34-38H2,(H,39,46)(H,40,45)(H,41,48)(H,42,47);4*1H/t23-,24-,25-,26-,27-;;;;/m0..../s1. The molecule has 1 aliphatic heterocycles. The summed E-state index contributed by atoms with van der Waals surface area (Å²) in [4.78, 5) is 54.0. The van der Waals surface area contributed by atoms with Gasteiger partial charge >= 0.3 is 0 Å². The van der Waals surface area contributed by atoms with Crippen molar-refractivity contribution in [2.45, 2.75) is 81.6 Å². The highest BCUT2D eigenvalue weighted by atomic mass is 35.5. The van der Waals surface area contributed by atoms with E-state index in [9.17, 15) is 29.4 Å². The van der Waals surface area contributed by atoms with Gasteiger partial charge in [0.25, 0.3) is 0 Å². The number of phenols is 2. The van der Waals surface area contributed by atoms with Gasteiger partial charge in [-0.2, -0.15) is 0 Å². The quantitative estimate of drug-likeness (QED) is 0.121. The third-order valence-corrected chi connectivity index (χ3v) is 8.30. The third kappa shape index (κ3) is 15.5. The van der Waals surface area contributed by atoms with Crippen molar-refractivity contribution in [2.24, 2.45) is 28.7 Å². The lowest BCUT2D eigenvalue weighted by molar-refractivity contribution is -0.134. The maximum absolute atomic E-state index is 13.9. The first-order chi connectivity index (χ1) is 23.0. The van der Waals surface area contributed by atoms with Gasteiger partial charge < -0.3 is 60.1 Å². The van der Waals surface area contributed by atoms with E-state index in [1.54, 1.807) is 24.3 Å². The minimum Gasteiger partial charge on any atom is -0.508 e. The van der Waals surface area contributed by atoms with Crippen LogP contribution in [0.5, 0.6) is 11.5 Å². The minimum atomic E-state index is -1.27. The first-order valence-corrected chi connectivity index (χ1v) is 16.4. The van der Waals surface area contributed by atoms with Gasteiger partial charge in [-0.3, -0.25) is 19.2 Å². The van der Waals surface area contributed by atoms with Gasteiger partial charge in [-0.05, 0) is 105 Å². The molecule has 0 saturated heterocycles. The molecule has 52 heavy (non-hydrogen) atoms. The maximum atomic E-state index is 13.9. The first kappa shape index (κ1) is 51.0. The number of fused-ring (bicyclic) bond motifs is 5. The predicted molar refractivity (Wildman–Crippen MR) is 211 cm³/mol. The molecule has 0 spiro atoms. The SMILES string of the molecule is Cl.Cl.Cl.Cl.NCCC[C@H](N)CNC(=O)[C@H](CCCN)NC(=O)[C@@H]1Cc2cc(ccc2O)-c2ccc(O)c(c2)C[C@H](N)C(=O)N[C@@H](CCCN)C(=O)N1. The van der Waals surface area contributed by atoms with Crippen LogP contribution in [0.15, 0.2) is 36.4 Å². The summed E-state index contributed by atoms with van der Waals surface area (Å²) in [5.41, 5.74) is 31.3. The molecular formula is C33H55Cl4N9O6. The molecule has 2 aromatic rings. The zero-order valence-electron chi connectivity index (χ0n) is 28.9. The molecule has 1 aliphatic rings. The summed E-state index contributed by atoms with van der Waals surface area (Å²) >= 11 is 0. The van der Waals surface area contributed by atoms with Crippen molar-refractivity contribution in [3.63, 3.8) is 0 Å². The molecule has 4 bridgehead atoms. The molecule has 3 rings (SSSR count). The van der Waals surface area contributed by atoms with Gasteiger partial charge in [0.2, 0.25) is 23.6 Å². The predicted octanol–water partition coefficient (Wildman–Crippen LogP) is -0.00750. The van der Waals surface area contributed by atoms with Crippen LogP contribution in [-0.4, -0.2) is 90.2 Å². The number of nitrogens with one attached hydrogen (secondary N) is 4. The van der Waals surface area contributed by atoms with Crippen molar-refractivity contribution < 1.29 is 29.4 Å². The van der Waals surface area contributed by atoms with Gasteiger partial charge in [-0.1, -0.05) is 12.1 Å². The number of carbonyl (C=O) groups is 4. The molecule has 4 amide bonds. The van der Waals surface area contributed by atoms with Gasteiger partial charge in [0.1, 0.15) is 29.6 Å². The number of hydrogen-bond acceptors (Lipinski definition) is 11. The van der Waals surface area contributed by atoms with E-state index in [4.69, 9.17) is 28.7 Å². The monoisotopic (exact) mass is 813 g/mol. The summed E-state index contributed by atoms with van der Waals surface area (Å²) in [5.74, 6) is -2.62. The second kappa shape index (κ2) is 25.8. The topological polar surface area (TPSA) is 287 Å². The molecule has 16 N–H and O–H groups in total. The Bertz CT molecular complexity index is 1430. The van der Waals surface area contributed by atoms with E-state index in [1.807, 2.05) is 0 Å². The van der Waals surface area contributed by atoms with Crippen molar-refractivity contribution >= 4 is 73.3 Å². The molecule has 0 aromatic heterocycles. The fourth-order valence-corrected chi connectivity index (χ4v) is 5.46. The molecule has 296 valence electrons. The normalized spacial score (nSPS) is 18.1. The van der Waals surface area contributed by atoms with Crippen LogP contribution >= 0.6 is 49.6 Å². The molecule has 0 radical (unpaired) electrons. The van der Waals surface area contributed by atoms with Gasteiger partial charge in [-0.15, -0.1) is 49.6 Å². The van der Waals surface area contributed by atoms with E-state index in [2.05, 4.69) is 21.3 Å². The number of amides is 4. The number of phenolic OH excluding ortho intramolecular Hbond substituents is 2. The third-order valence-electron chi connectivity index (χ3n) is 8.30. The van der Waals surface area contributed by atoms with Crippen molar-refractivity contribution in [2.75, 3.05) is 26.2 Å². The largest absolute Gasteiger partial charge is 0.508 e. The Kier molecular flexibility index (Phi) is 25.3. The number of nitrogens with two attached hydrogens (primary N) is 5. The second-order valence-corrected chi connectivity index (χ2v) is 12.2. The lowest BCUT2D eigenvalue weighted by Gasteiger charge is -2.26. The average molecular weight is 816 g/mol. The van der Waals surface area contributed by atoms with Crippen LogP contribution in [0.4, 0.5) is 0 Å². The van der Waals surface area contributed by atoms with Gasteiger partial charge in [0, 0.05) is 25.4 Å². The van der Waals surface area contributed by atoms with E-state index in [0.29, 0.717) is 54.5 Å². The lowest BCUT2D eigenvalue weighted by Crippen LogP contribution is -2.58. The Morgan fingerprint density at radius 2 is 1.33 bits per heavy atom. The maximum Gasteiger partial charge on any atom is 0.243 e. The highest BCUT2D eigenvalue weighted by Crippen LogP contribution is 2.31. The average Bonchev–Trinajstić information content (AvgIpc) is 3.07. The highest BCUT2D eigenvalue weighted by molar-refractivity contribution is 5.95. The molecular weight excluding hydrogens is 760 g/mol. The van der Waals surface area contributed by atoms with Crippen LogP contribution in [0.1, 0.15) is 49.7 Å². The van der Waals surface area contributed by atoms with Crippen molar-refractivity contribution in [1.29, 1.82) is 0 Å². The summed E-state index contributed by atoms with van der Waals surface area (Å²) in [6.07, 6.45) is 2.33. The molecule has 1 heterocycles. The van der Waals surface area contributed by atoms with Crippen LogP contribution in [0.25, 0.3) is 11.1 Å². The van der Waals surface area contributed by atoms with Crippen LogP contribution in [0, 0.1) is 0 Å². The summed E-state index contributed by atoms with van der Waals surface area (Å²) in [7, 11) is 0. The van der Waals surface area contributed by atoms with E-state index in [1.165, 1.54) is 12.1 Å². The highest BCUT2D eigenvalue weighted by Gasteiger charge is 2.31. The van der Waals surface area contributed by atoms with Gasteiger partial charge in [0.05, 0.1) is 6.04 Å². The van der Waals surface area contributed by atoms with Crippen LogP contribution in [0.2, 0.25) is 0 Å². The fraction of sp³-hybridized carbons (Fsp3) is 0.515. The van der Waals surface area contributed by atoms with Crippen LogP contribution in [-0.2, 0) is 32.0 Å². The molecule has 0 fully saturated rings. The zero-order valence-corrected chi connectivity index (χ0v) is 32.1. The summed E-state index contributed by atoms with van der Waals surface area (Å²) in [5, 5.41) is 32.3. The molecule has 5 atom stereocenters. The Balaban J connectivity index is 0. The van der Waals surface area contributed by atoms with Crippen molar-refractivity contribution in [1.82, 2.24) is 21.3 Å². The molecule has 0 unspecified atom stereocenters. The zero-order chi connectivity index (χ0) is 35.2. The lowest BCUT2D eigenvalue weighted by atomic mass is 9.95. The van der Waals surface area contributed by atoms with E-state index >= 15 is 0 Å². The molecule has 19 heteroatoms. The number of rotatable bonds is 14. The van der Waals surface area contributed by atoms with Crippen molar-refractivity contribution in [3.8, 4) is 22.6 Å². The van der Waals surface area contributed by atoms with E-state index in [0.717, 1.165) is 0 Å². The van der Waals surface area contributed by atoms with Gasteiger partial charge in [0.15, 0.2) is 0 Å². The van der Waals surface area contributed by atoms with Gasteiger partial charge in [-0.25, -0.2) is 0 Å². The van der Waals surface area contributed by atoms with Crippen LogP contribution < -0.4 is 49.9 Å². The van der Waals surface area contributed by atoms with E-state index in [-0.39, 0.29) is 112 Å². The number of halogens is 4. The number of hydrogen-bond donors (Lipinski definition) is 11. The Hall–Kier alpha value is -3.12. The summed E-state index contributed by atoms with van der Waals surface area (Å²) < 4.78 is 0. The van der Waals surface area contributed by atoms with E-state index < -0.39 is 47.8 Å². The Labute approximate surface area is 329 Å². The smallest absolute Gasteiger partial charge is 0.243 e. The minimum absolute atomic E-state index is 0. The number of aromatic hydroxyl groups is 2. The molecule has 0 saturated carbocycles. The Morgan fingerprint density at radius 1 is 0.788 bits per heavy atom. The van der Waals surface area contributed by atoms with Crippen molar-refractivity contribution in [3.05, 3.63) is 47.5 Å². The summed E-state index contributed by atoms with van der Waals surface area (Å²) in [6.45, 7) is 1.17. The molecule has 0 aliphatic carbocycles. The van der Waals surface area contributed by atoms with Crippen LogP contribution in [0.3, 0.4) is 0 Å². The second-order valence-electron chi connectivity index (χ2n) is 12.2. The number of carbonyl (C=O) groups excluding carboxylic acids is 4. The fourth-order valence-electron chi connectivity index (χ4n) is 5.46. The Morgan fingerprint density at radius 3 is 1.88 bits per heavy atom. The summed E-state index contributed by atoms with van der Waals surface area (Å²) in [6, 6.07) is 4.89. The molecule has 2 aromatic carbocycles. The molecule has 15 nitrogen and oxygen atoms in total. The first-order valence-electron chi connectivity index (χ1n) is 16.4. The number of benzene rings is 2.